The molecule has 2 radical (unpaired) electrons. The van der Waals surface area contributed by atoms with Crippen LogP contribution in [0.5, 0.6) is 0 Å². The van der Waals surface area contributed by atoms with Crippen molar-refractivity contribution in [2.24, 2.45) is 0 Å². The van der Waals surface area contributed by atoms with Gasteiger partial charge in [-0.3, -0.25) is 0 Å². The molecule has 0 amide bonds. The molecule has 0 aromatic heterocycles. The molecule has 0 aliphatic rings. The summed E-state index contributed by atoms with van der Waals surface area (Å²) in [6.45, 7) is 3.30. The third-order valence-electron chi connectivity index (χ3n) is 0.908. The second-order valence-corrected chi connectivity index (χ2v) is 5.57. The summed E-state index contributed by atoms with van der Waals surface area (Å²) < 4.78 is 58.1. The van der Waals surface area contributed by atoms with Gasteiger partial charge in [0.25, 0.3) is 0 Å². The van der Waals surface area contributed by atoms with Crippen molar-refractivity contribution in [3.8, 4) is 0 Å². The number of hydrogen-bond donors (Lipinski definition) is 0. The SMILES string of the molecule is CCCS(=O)(=O)[O-].CCCS(=O)(=O)[O-].[Sn+2]. The Bertz CT molecular complexity index is 286. The first-order valence-electron chi connectivity index (χ1n) is 3.99. The quantitative estimate of drug-likeness (QED) is 0.490. The van der Waals surface area contributed by atoms with Crippen molar-refractivity contribution in [1.82, 2.24) is 0 Å². The van der Waals surface area contributed by atoms with Crippen LogP contribution in [0.25, 0.3) is 0 Å². The summed E-state index contributed by atoms with van der Waals surface area (Å²) in [5.41, 5.74) is 0. The average molecular weight is 365 g/mol. The third kappa shape index (κ3) is 31.3. The van der Waals surface area contributed by atoms with Gasteiger partial charge in [-0.2, -0.15) is 0 Å². The van der Waals surface area contributed by atoms with Gasteiger partial charge in [-0.25, -0.2) is 16.8 Å². The Hall–Kier alpha value is 0.619. The van der Waals surface area contributed by atoms with Gasteiger partial charge in [0.05, 0.1) is 20.2 Å². The van der Waals surface area contributed by atoms with E-state index in [4.69, 9.17) is 0 Å². The van der Waals surface area contributed by atoms with E-state index in [9.17, 15) is 25.9 Å². The molecule has 0 spiro atoms. The van der Waals surface area contributed by atoms with Gasteiger partial charge in [0.15, 0.2) is 0 Å². The average Bonchev–Trinajstić information content (AvgIpc) is 1.81. The van der Waals surface area contributed by atoms with E-state index in [1.165, 1.54) is 0 Å². The second kappa shape index (κ2) is 9.82. The summed E-state index contributed by atoms with van der Waals surface area (Å²) in [5.74, 6) is -0.486. The first-order chi connectivity index (χ1) is 6.12. The van der Waals surface area contributed by atoms with Crippen molar-refractivity contribution in [2.45, 2.75) is 26.7 Å². The fraction of sp³-hybridized carbons (Fsp3) is 1.00. The summed E-state index contributed by atoms with van der Waals surface area (Å²) in [6.07, 6.45) is 0.817. The summed E-state index contributed by atoms with van der Waals surface area (Å²) >= 11 is 0. The molecule has 6 nitrogen and oxygen atoms in total. The second-order valence-electron chi connectivity index (χ2n) is 2.52. The molecule has 0 fully saturated rings. The Balaban J connectivity index is -0.000000180. The van der Waals surface area contributed by atoms with Crippen LogP contribution in [0.1, 0.15) is 26.7 Å². The molecule has 0 saturated carbocycles. The Kier molecular flexibility index (Phi) is 13.7. The molecule has 0 N–H and O–H groups in total. The van der Waals surface area contributed by atoms with Gasteiger partial charge in [-0.1, -0.05) is 13.8 Å². The third-order valence-corrected chi connectivity index (χ3v) is 2.72. The molecular formula is C6H14O6S2Sn. The number of hydrogen-bond acceptors (Lipinski definition) is 6. The summed E-state index contributed by atoms with van der Waals surface area (Å²) in [4.78, 5) is 0. The Morgan fingerprint density at radius 3 is 1.00 bits per heavy atom. The van der Waals surface area contributed by atoms with Crippen LogP contribution >= 0.6 is 0 Å². The van der Waals surface area contributed by atoms with E-state index in [1.807, 2.05) is 0 Å². The summed E-state index contributed by atoms with van der Waals surface area (Å²) in [7, 11) is -7.85. The van der Waals surface area contributed by atoms with Crippen molar-refractivity contribution in [3.63, 3.8) is 0 Å². The largest absolute Gasteiger partial charge is 2.00 e. The minimum absolute atomic E-state index is 0. The smallest absolute Gasteiger partial charge is 0.748 e. The summed E-state index contributed by atoms with van der Waals surface area (Å²) in [5, 5.41) is 0. The van der Waals surface area contributed by atoms with E-state index in [0.29, 0.717) is 12.8 Å². The van der Waals surface area contributed by atoms with Crippen molar-refractivity contribution in [2.75, 3.05) is 11.5 Å². The maximum Gasteiger partial charge on any atom is 2.00 e. The Labute approximate surface area is 108 Å². The van der Waals surface area contributed by atoms with Crippen LogP contribution in [0.4, 0.5) is 0 Å². The van der Waals surface area contributed by atoms with E-state index in [1.54, 1.807) is 13.8 Å². The van der Waals surface area contributed by atoms with Gasteiger partial charge in [-0.05, 0) is 12.8 Å². The molecule has 0 aromatic rings. The van der Waals surface area contributed by atoms with E-state index in [2.05, 4.69) is 0 Å². The van der Waals surface area contributed by atoms with Crippen molar-refractivity contribution in [3.05, 3.63) is 0 Å². The van der Waals surface area contributed by atoms with Crippen LogP contribution < -0.4 is 0 Å². The molecule has 15 heavy (non-hydrogen) atoms. The topological polar surface area (TPSA) is 114 Å². The van der Waals surface area contributed by atoms with Crippen molar-refractivity contribution in [1.29, 1.82) is 0 Å². The molecule has 0 rings (SSSR count). The van der Waals surface area contributed by atoms with Crippen molar-refractivity contribution >= 4 is 44.1 Å². The zero-order valence-electron chi connectivity index (χ0n) is 8.59. The van der Waals surface area contributed by atoms with Gasteiger partial charge in [0.2, 0.25) is 0 Å². The maximum atomic E-state index is 9.68. The fourth-order valence-electron chi connectivity index (χ4n) is 0.500. The zero-order valence-corrected chi connectivity index (χ0v) is 13.1. The molecule has 0 saturated heterocycles. The fourth-order valence-corrected chi connectivity index (χ4v) is 1.50. The van der Waals surface area contributed by atoms with Crippen molar-refractivity contribution < 1.29 is 25.9 Å². The zero-order chi connectivity index (χ0) is 11.8. The normalized spacial score (nSPS) is 10.9. The van der Waals surface area contributed by atoms with Crippen LogP contribution in [0.2, 0.25) is 0 Å². The standard InChI is InChI=1S/2C3H8O3S.Sn/c2*1-2-3-7(4,5)6;/h2*2-3H2,1H3,(H,4,5,6);/q;;+2/p-2. The van der Waals surface area contributed by atoms with E-state index in [-0.39, 0.29) is 35.4 Å². The molecule has 9 heteroatoms. The maximum absolute atomic E-state index is 9.68. The predicted molar refractivity (Wildman–Crippen MR) is 55.5 cm³/mol. The molecule has 0 aromatic carbocycles. The molecule has 0 bridgehead atoms. The van der Waals surface area contributed by atoms with Gasteiger partial charge in [-0.15, -0.1) is 0 Å². The first-order valence-corrected chi connectivity index (χ1v) is 7.15. The molecule has 0 atom stereocenters. The van der Waals surface area contributed by atoms with Crippen LogP contribution in [0.3, 0.4) is 0 Å². The van der Waals surface area contributed by atoms with Gasteiger partial charge in [0.1, 0.15) is 0 Å². The predicted octanol–water partition coefficient (Wildman–Crippen LogP) is -0.498. The van der Waals surface area contributed by atoms with Crippen LogP contribution in [0, 0.1) is 0 Å². The van der Waals surface area contributed by atoms with Gasteiger partial charge < -0.3 is 9.11 Å². The monoisotopic (exact) mass is 366 g/mol. The van der Waals surface area contributed by atoms with E-state index < -0.39 is 20.2 Å². The van der Waals surface area contributed by atoms with E-state index >= 15 is 0 Å². The molecule has 90 valence electrons. The molecule has 0 aliphatic carbocycles. The molecule has 0 aliphatic heterocycles. The minimum Gasteiger partial charge on any atom is -0.748 e. The molecular weight excluding hydrogens is 351 g/mol. The van der Waals surface area contributed by atoms with E-state index in [0.717, 1.165) is 0 Å². The van der Waals surface area contributed by atoms with Crippen LogP contribution in [-0.4, -0.2) is 61.4 Å². The van der Waals surface area contributed by atoms with Crippen LogP contribution in [0.15, 0.2) is 0 Å². The number of rotatable bonds is 4. The minimum atomic E-state index is -3.92. The molecule has 0 unspecified atom stereocenters. The van der Waals surface area contributed by atoms with Gasteiger partial charge >= 0.3 is 23.9 Å². The first kappa shape index (κ1) is 21.0. The molecule has 0 heterocycles. The summed E-state index contributed by atoms with van der Waals surface area (Å²) in [6, 6.07) is 0. The Morgan fingerprint density at radius 1 is 0.800 bits per heavy atom. The van der Waals surface area contributed by atoms with Crippen LogP contribution in [-0.2, 0) is 20.2 Å². The van der Waals surface area contributed by atoms with Gasteiger partial charge in [0, 0.05) is 11.5 Å². The Morgan fingerprint density at radius 2 is 1.00 bits per heavy atom.